The molecule has 0 unspecified atom stereocenters. The second kappa shape index (κ2) is 6.16. The van der Waals surface area contributed by atoms with Gasteiger partial charge in [0.05, 0.1) is 13.2 Å². The molecule has 1 fully saturated rings. The normalized spacial score (nSPS) is 16.5. The van der Waals surface area contributed by atoms with E-state index in [1.54, 1.807) is 12.1 Å². The lowest BCUT2D eigenvalue weighted by Crippen LogP contribution is -2.36. The molecule has 1 aliphatic heterocycles. The molecule has 0 bridgehead atoms. The van der Waals surface area contributed by atoms with Crippen LogP contribution in [0.3, 0.4) is 0 Å². The minimum Gasteiger partial charge on any atom is -0.476 e. The Hall–Kier alpha value is -2.41. The summed E-state index contributed by atoms with van der Waals surface area (Å²) in [5, 5.41) is 8.68. The molecular formula is C13H17N3O4. The van der Waals surface area contributed by atoms with Crippen LogP contribution in [-0.4, -0.2) is 37.4 Å². The number of anilines is 1. The molecule has 1 aliphatic rings. The first-order valence-corrected chi connectivity index (χ1v) is 6.17. The van der Waals surface area contributed by atoms with Crippen LogP contribution in [0.4, 0.5) is 5.69 Å². The summed E-state index contributed by atoms with van der Waals surface area (Å²) in [5.74, 6) is -1.20. The van der Waals surface area contributed by atoms with Gasteiger partial charge < -0.3 is 30.9 Å². The Labute approximate surface area is 116 Å². The molecule has 0 saturated carbocycles. The van der Waals surface area contributed by atoms with E-state index in [1.165, 1.54) is 0 Å². The number of ether oxygens (including phenoxy) is 2. The van der Waals surface area contributed by atoms with Crippen molar-refractivity contribution in [1.29, 1.82) is 0 Å². The molecule has 1 aromatic rings. The first-order chi connectivity index (χ1) is 9.58. The van der Waals surface area contributed by atoms with E-state index < -0.39 is 11.7 Å². The molecule has 20 heavy (non-hydrogen) atoms. The number of carboxylic acids is 1. The fourth-order valence-corrected chi connectivity index (χ4v) is 1.83. The topological polar surface area (TPSA) is 111 Å². The predicted molar refractivity (Wildman–Crippen MR) is 73.1 cm³/mol. The van der Waals surface area contributed by atoms with Crippen LogP contribution in [0.5, 0.6) is 5.75 Å². The van der Waals surface area contributed by atoms with Gasteiger partial charge in [-0.1, -0.05) is 0 Å². The highest BCUT2D eigenvalue weighted by Gasteiger charge is 2.12. The zero-order valence-corrected chi connectivity index (χ0v) is 10.9. The maximum atomic E-state index is 10.6. The Kier molecular flexibility index (Phi) is 4.31. The van der Waals surface area contributed by atoms with E-state index in [-0.39, 0.29) is 5.88 Å². The summed E-state index contributed by atoms with van der Waals surface area (Å²) < 4.78 is 10.5. The molecule has 5 N–H and O–H groups in total. The van der Waals surface area contributed by atoms with Crippen molar-refractivity contribution in [3.8, 4) is 5.75 Å². The van der Waals surface area contributed by atoms with Crippen LogP contribution in [0, 0.1) is 0 Å². The number of aliphatic carboxylic acids is 1. The summed E-state index contributed by atoms with van der Waals surface area (Å²) in [6.45, 7) is 3.11. The number of hydrogen-bond acceptors (Lipinski definition) is 6. The molecule has 1 heterocycles. The van der Waals surface area contributed by atoms with Gasteiger partial charge in [-0.3, -0.25) is 0 Å². The molecule has 0 spiro atoms. The third-order valence-corrected chi connectivity index (χ3v) is 2.94. The maximum Gasteiger partial charge on any atom is 0.357 e. The van der Waals surface area contributed by atoms with Crippen LogP contribution in [0.1, 0.15) is 0 Å². The van der Waals surface area contributed by atoms with Crippen molar-refractivity contribution in [2.24, 2.45) is 11.5 Å². The summed E-state index contributed by atoms with van der Waals surface area (Å²) in [7, 11) is 0. The van der Waals surface area contributed by atoms with Gasteiger partial charge in [0.2, 0.25) is 5.88 Å². The standard InChI is InChI=1S/C13H17N3O4/c14-11(13(17)18)12(15)20-10-3-1-9(2-4-10)16-5-7-19-8-6-16/h1-4H,5-8,14-15H2,(H,17,18)/b12-11+. The van der Waals surface area contributed by atoms with Crippen molar-refractivity contribution in [3.63, 3.8) is 0 Å². The first kappa shape index (κ1) is 14.0. The van der Waals surface area contributed by atoms with Crippen molar-refractivity contribution >= 4 is 11.7 Å². The Balaban J connectivity index is 2.05. The van der Waals surface area contributed by atoms with Crippen LogP contribution in [0.15, 0.2) is 35.8 Å². The van der Waals surface area contributed by atoms with Gasteiger partial charge in [0.25, 0.3) is 0 Å². The zero-order valence-electron chi connectivity index (χ0n) is 10.9. The Bertz CT molecular complexity index is 507. The van der Waals surface area contributed by atoms with Crippen molar-refractivity contribution in [2.75, 3.05) is 31.2 Å². The van der Waals surface area contributed by atoms with E-state index >= 15 is 0 Å². The number of benzene rings is 1. The van der Waals surface area contributed by atoms with E-state index in [9.17, 15) is 4.79 Å². The lowest BCUT2D eigenvalue weighted by Gasteiger charge is -2.28. The maximum absolute atomic E-state index is 10.6. The van der Waals surface area contributed by atoms with Crippen molar-refractivity contribution in [2.45, 2.75) is 0 Å². The smallest absolute Gasteiger partial charge is 0.357 e. The van der Waals surface area contributed by atoms with E-state index in [0.29, 0.717) is 19.0 Å². The SMILES string of the molecule is N/C(Oc1ccc(N2CCOCC2)cc1)=C(\N)C(=O)O. The van der Waals surface area contributed by atoms with Gasteiger partial charge in [-0.2, -0.15) is 0 Å². The van der Waals surface area contributed by atoms with E-state index in [2.05, 4.69) is 4.90 Å². The minimum absolute atomic E-state index is 0.323. The quantitative estimate of drug-likeness (QED) is 0.528. The number of hydrogen-bond donors (Lipinski definition) is 3. The van der Waals surface area contributed by atoms with Gasteiger partial charge in [-0.25, -0.2) is 4.79 Å². The van der Waals surface area contributed by atoms with E-state index in [0.717, 1.165) is 18.8 Å². The fraction of sp³-hybridized carbons (Fsp3) is 0.308. The molecule has 0 radical (unpaired) electrons. The van der Waals surface area contributed by atoms with E-state index in [4.69, 9.17) is 26.0 Å². The highest BCUT2D eigenvalue weighted by molar-refractivity contribution is 5.85. The molecule has 108 valence electrons. The summed E-state index contributed by atoms with van der Waals surface area (Å²) in [6.07, 6.45) is 0. The van der Waals surface area contributed by atoms with Crippen molar-refractivity contribution in [1.82, 2.24) is 0 Å². The molecule has 0 amide bonds. The predicted octanol–water partition coefficient (Wildman–Crippen LogP) is 0.0731. The van der Waals surface area contributed by atoms with Crippen LogP contribution < -0.4 is 21.1 Å². The number of morpholine rings is 1. The monoisotopic (exact) mass is 279 g/mol. The average molecular weight is 279 g/mol. The van der Waals surface area contributed by atoms with Crippen LogP contribution in [-0.2, 0) is 9.53 Å². The Morgan fingerprint density at radius 3 is 2.35 bits per heavy atom. The number of carbonyl (C=O) groups is 1. The molecule has 1 saturated heterocycles. The van der Waals surface area contributed by atoms with Crippen molar-refractivity contribution < 1.29 is 19.4 Å². The molecule has 0 atom stereocenters. The van der Waals surface area contributed by atoms with Gasteiger partial charge in [0, 0.05) is 18.8 Å². The van der Waals surface area contributed by atoms with Gasteiger partial charge in [-0.15, -0.1) is 0 Å². The third-order valence-electron chi connectivity index (χ3n) is 2.94. The Morgan fingerprint density at radius 2 is 1.80 bits per heavy atom. The lowest BCUT2D eigenvalue weighted by molar-refractivity contribution is -0.132. The molecule has 7 heteroatoms. The van der Waals surface area contributed by atoms with Gasteiger partial charge in [0.15, 0.2) is 5.70 Å². The number of rotatable bonds is 4. The largest absolute Gasteiger partial charge is 0.476 e. The summed E-state index contributed by atoms with van der Waals surface area (Å²) in [6, 6.07) is 7.19. The molecule has 7 nitrogen and oxygen atoms in total. The van der Waals surface area contributed by atoms with Crippen LogP contribution in [0.2, 0.25) is 0 Å². The number of nitrogens with zero attached hydrogens (tertiary/aromatic N) is 1. The second-order valence-electron chi connectivity index (χ2n) is 4.28. The van der Waals surface area contributed by atoms with Crippen LogP contribution >= 0.6 is 0 Å². The molecule has 2 rings (SSSR count). The van der Waals surface area contributed by atoms with Gasteiger partial charge in [-0.05, 0) is 24.3 Å². The Morgan fingerprint density at radius 1 is 1.20 bits per heavy atom. The minimum atomic E-state index is -1.31. The van der Waals surface area contributed by atoms with Crippen LogP contribution in [0.25, 0.3) is 0 Å². The highest BCUT2D eigenvalue weighted by Crippen LogP contribution is 2.21. The molecular weight excluding hydrogens is 262 g/mol. The first-order valence-electron chi connectivity index (χ1n) is 6.17. The lowest BCUT2D eigenvalue weighted by atomic mass is 10.2. The number of nitrogens with two attached hydrogens (primary N) is 2. The summed E-state index contributed by atoms with van der Waals surface area (Å²) >= 11 is 0. The summed E-state index contributed by atoms with van der Waals surface area (Å²) in [5.41, 5.74) is 11.3. The third kappa shape index (κ3) is 3.33. The molecule has 0 aliphatic carbocycles. The van der Waals surface area contributed by atoms with Crippen molar-refractivity contribution in [3.05, 3.63) is 35.8 Å². The average Bonchev–Trinajstić information content (AvgIpc) is 2.48. The van der Waals surface area contributed by atoms with E-state index in [1.807, 2.05) is 12.1 Å². The zero-order chi connectivity index (χ0) is 14.5. The molecule has 0 aromatic heterocycles. The van der Waals surface area contributed by atoms with Gasteiger partial charge >= 0.3 is 5.97 Å². The highest BCUT2D eigenvalue weighted by atomic mass is 16.5. The molecule has 1 aromatic carbocycles. The summed E-state index contributed by atoms with van der Waals surface area (Å²) in [4.78, 5) is 12.8. The second-order valence-corrected chi connectivity index (χ2v) is 4.28. The van der Waals surface area contributed by atoms with Gasteiger partial charge in [0.1, 0.15) is 5.75 Å². The fourth-order valence-electron chi connectivity index (χ4n) is 1.83. The number of carboxylic acid groups (broad SMARTS) is 1.